The van der Waals surface area contributed by atoms with E-state index in [1.54, 1.807) is 0 Å². The van der Waals surface area contributed by atoms with Crippen molar-refractivity contribution in [2.24, 2.45) is 11.8 Å². The predicted octanol–water partition coefficient (Wildman–Crippen LogP) is 5.50. The fraction of sp³-hybridized carbons (Fsp3) is 0.500. The Bertz CT molecular complexity index is 316. The molecule has 2 rings (SSSR count). The van der Waals surface area contributed by atoms with Crippen LogP contribution in [-0.4, -0.2) is 0 Å². The second-order valence-electron chi connectivity index (χ2n) is 4.86. The van der Waals surface area contributed by atoms with Gasteiger partial charge in [-0.05, 0) is 0 Å². The maximum absolute atomic E-state index is 9.75. The van der Waals surface area contributed by atoms with Gasteiger partial charge in [-0.3, -0.25) is 12.2 Å². The molecule has 2 aliphatic carbocycles. The standard InChI is InChI=1S/2C8H11.2FH.Ti/c2*1-7(2)8-5-3-4-6-8;;;/h2*3,5,7H,4H2,1-2H3;2*1H;/q2*-1;;;+2/p-2. The van der Waals surface area contributed by atoms with Gasteiger partial charge in [0.2, 0.25) is 0 Å². The van der Waals surface area contributed by atoms with Crippen LogP contribution in [0.2, 0.25) is 0 Å². The first-order chi connectivity index (χ1) is 9.02. The van der Waals surface area contributed by atoms with Gasteiger partial charge in [-0.25, -0.2) is 23.3 Å². The van der Waals surface area contributed by atoms with E-state index in [1.165, 1.54) is 11.1 Å². The summed E-state index contributed by atoms with van der Waals surface area (Å²) in [5, 5.41) is 0. The van der Waals surface area contributed by atoms with Gasteiger partial charge >= 0.3 is 26.4 Å². The molecule has 0 radical (unpaired) electrons. The van der Waals surface area contributed by atoms with Crippen molar-refractivity contribution in [2.75, 3.05) is 0 Å². The monoisotopic (exact) mass is 300 g/mol. The Kier molecular flexibility index (Phi) is 11.1. The zero-order valence-electron chi connectivity index (χ0n) is 12.1. The number of halogens is 2. The molecular formula is C16H22F2Ti-2. The van der Waals surface area contributed by atoms with E-state index >= 15 is 0 Å². The Morgan fingerprint density at radius 3 is 1.32 bits per heavy atom. The van der Waals surface area contributed by atoms with Crippen LogP contribution in [0.4, 0.5) is 6.18 Å². The van der Waals surface area contributed by atoms with Crippen molar-refractivity contribution in [2.45, 2.75) is 40.5 Å². The zero-order chi connectivity index (χ0) is 14.7. The molecule has 0 fully saturated rings. The molecule has 0 saturated carbocycles. The van der Waals surface area contributed by atoms with Gasteiger partial charge in [0.05, 0.1) is 0 Å². The zero-order valence-corrected chi connectivity index (χ0v) is 13.7. The van der Waals surface area contributed by atoms with E-state index in [2.05, 4.69) is 64.2 Å². The summed E-state index contributed by atoms with van der Waals surface area (Å²) in [6, 6.07) is 0. The first kappa shape index (κ1) is 18.5. The van der Waals surface area contributed by atoms with Gasteiger partial charge in [0.1, 0.15) is 0 Å². The Labute approximate surface area is 126 Å². The normalized spacial score (nSPS) is 15.6. The maximum atomic E-state index is 9.75. The van der Waals surface area contributed by atoms with Crippen LogP contribution < -0.4 is 0 Å². The van der Waals surface area contributed by atoms with Crippen LogP contribution in [0.5, 0.6) is 0 Å². The van der Waals surface area contributed by atoms with E-state index in [0.29, 0.717) is 11.8 Å². The van der Waals surface area contributed by atoms with Crippen LogP contribution >= 0.6 is 0 Å². The van der Waals surface area contributed by atoms with Crippen LogP contribution in [0, 0.1) is 24.0 Å². The van der Waals surface area contributed by atoms with Crippen molar-refractivity contribution in [3.8, 4) is 0 Å². The van der Waals surface area contributed by atoms with Crippen molar-refractivity contribution in [3.05, 3.63) is 47.6 Å². The summed E-state index contributed by atoms with van der Waals surface area (Å²) in [5.41, 5.74) is 2.73. The Balaban J connectivity index is 0.000000284. The third kappa shape index (κ3) is 9.12. The quantitative estimate of drug-likeness (QED) is 0.466. The minimum absolute atomic E-state index is 0.661. The number of hydrogen-bond donors (Lipinski definition) is 0. The second kappa shape index (κ2) is 11.4. The fourth-order valence-electron chi connectivity index (χ4n) is 1.64. The van der Waals surface area contributed by atoms with Gasteiger partial charge in [-0.1, -0.05) is 39.5 Å². The van der Waals surface area contributed by atoms with Crippen LogP contribution in [0.1, 0.15) is 40.5 Å². The number of hydrogen-bond acceptors (Lipinski definition) is 0. The van der Waals surface area contributed by atoms with Gasteiger partial charge in [0.15, 0.2) is 0 Å². The summed E-state index contributed by atoms with van der Waals surface area (Å²) in [5.74, 6) is 1.32. The summed E-state index contributed by atoms with van der Waals surface area (Å²) in [7, 11) is 0. The van der Waals surface area contributed by atoms with Crippen molar-refractivity contribution >= 4 is 0 Å². The van der Waals surface area contributed by atoms with Crippen LogP contribution in [0.3, 0.4) is 0 Å². The molecule has 0 nitrogen and oxygen atoms in total. The summed E-state index contributed by atoms with van der Waals surface area (Å²) in [4.78, 5) is 0. The average Bonchev–Trinajstić information content (AvgIpc) is 3.05. The molecule has 106 valence electrons. The van der Waals surface area contributed by atoms with Crippen molar-refractivity contribution in [1.29, 1.82) is 0 Å². The summed E-state index contributed by atoms with van der Waals surface area (Å²) < 4.78 is 19.5. The summed E-state index contributed by atoms with van der Waals surface area (Å²) in [6.07, 6.45) is 17.2. The molecule has 0 aromatic rings. The molecule has 0 aliphatic heterocycles. The van der Waals surface area contributed by atoms with Crippen molar-refractivity contribution in [1.82, 2.24) is 0 Å². The fourth-order valence-corrected chi connectivity index (χ4v) is 1.64. The van der Waals surface area contributed by atoms with Gasteiger partial charge in [0, 0.05) is 0 Å². The van der Waals surface area contributed by atoms with E-state index in [4.69, 9.17) is 0 Å². The molecule has 0 aromatic heterocycles. The van der Waals surface area contributed by atoms with E-state index in [0.717, 1.165) is 12.8 Å². The molecule has 0 spiro atoms. The molecular weight excluding hydrogens is 278 g/mol. The molecule has 19 heavy (non-hydrogen) atoms. The Morgan fingerprint density at radius 2 is 1.21 bits per heavy atom. The topological polar surface area (TPSA) is 0 Å². The minimum atomic E-state index is -2.50. The van der Waals surface area contributed by atoms with Gasteiger partial charge in [-0.2, -0.15) is 12.2 Å². The molecule has 0 bridgehead atoms. The predicted molar refractivity (Wildman–Crippen MR) is 72.9 cm³/mol. The summed E-state index contributed by atoms with van der Waals surface area (Å²) in [6.45, 7) is 8.77. The molecule has 0 atom stereocenters. The second-order valence-corrected chi connectivity index (χ2v) is 5.08. The number of rotatable bonds is 2. The SMILES string of the molecule is CC(C)C1=[C-]CC=C1.CC(C)C1=[C-]CC=C1.[F][Ti][F]. The first-order valence-electron chi connectivity index (χ1n) is 6.53. The first-order valence-corrected chi connectivity index (χ1v) is 7.71. The third-order valence-electron chi connectivity index (χ3n) is 2.69. The van der Waals surface area contributed by atoms with Crippen LogP contribution in [0.25, 0.3) is 0 Å². The van der Waals surface area contributed by atoms with Gasteiger partial charge in [0.25, 0.3) is 0 Å². The van der Waals surface area contributed by atoms with Crippen LogP contribution in [-0.2, 0) is 20.2 Å². The molecule has 0 unspecified atom stereocenters. The molecule has 0 saturated heterocycles. The molecule has 0 N–H and O–H groups in total. The van der Waals surface area contributed by atoms with Crippen LogP contribution in [0.15, 0.2) is 35.5 Å². The van der Waals surface area contributed by atoms with E-state index in [-0.39, 0.29) is 0 Å². The Hall–Kier alpha value is -0.466. The van der Waals surface area contributed by atoms with E-state index in [9.17, 15) is 6.18 Å². The van der Waals surface area contributed by atoms with E-state index in [1.807, 2.05) is 0 Å². The average molecular weight is 300 g/mol. The molecule has 3 heteroatoms. The summed E-state index contributed by atoms with van der Waals surface area (Å²) >= 11 is -2.50. The molecule has 2 aliphatic rings. The molecule has 0 aromatic carbocycles. The molecule has 0 heterocycles. The Morgan fingerprint density at radius 1 is 0.895 bits per heavy atom. The molecule has 0 amide bonds. The van der Waals surface area contributed by atoms with E-state index < -0.39 is 20.2 Å². The van der Waals surface area contributed by atoms with Gasteiger partial charge < -0.3 is 0 Å². The third-order valence-corrected chi connectivity index (χ3v) is 2.69. The van der Waals surface area contributed by atoms with Gasteiger partial charge in [-0.15, -0.1) is 12.8 Å². The van der Waals surface area contributed by atoms with Crippen molar-refractivity contribution in [3.63, 3.8) is 0 Å². The van der Waals surface area contributed by atoms with Crippen molar-refractivity contribution < 1.29 is 26.4 Å². The number of allylic oxidation sites excluding steroid dienone is 8.